The van der Waals surface area contributed by atoms with E-state index in [1.54, 1.807) is 4.90 Å². The van der Waals surface area contributed by atoms with Crippen LogP contribution in [0, 0.1) is 13.8 Å². The maximum atomic E-state index is 14.1. The second-order valence-corrected chi connectivity index (χ2v) is 14.6. The zero-order chi connectivity index (χ0) is 36.8. The fourth-order valence-corrected chi connectivity index (χ4v) is 8.19. The Morgan fingerprint density at radius 1 is 0.865 bits per heavy atom. The van der Waals surface area contributed by atoms with Crippen molar-refractivity contribution >= 4 is 29.7 Å². The van der Waals surface area contributed by atoms with Crippen molar-refractivity contribution in [3.05, 3.63) is 58.7 Å². The van der Waals surface area contributed by atoms with Gasteiger partial charge in [0, 0.05) is 83.1 Å². The predicted molar refractivity (Wildman–Crippen MR) is 196 cm³/mol. The second kappa shape index (κ2) is 17.0. The van der Waals surface area contributed by atoms with Crippen LogP contribution in [0.15, 0.2) is 36.4 Å². The largest absolute Gasteiger partial charge is 0.507 e. The Labute approximate surface area is 306 Å². The van der Waals surface area contributed by atoms with E-state index in [1.165, 1.54) is 0 Å². The van der Waals surface area contributed by atoms with Gasteiger partial charge in [0.25, 0.3) is 5.91 Å². The van der Waals surface area contributed by atoms with Crippen LogP contribution >= 0.6 is 0 Å². The molecular formula is C39H54N6O7. The molecule has 2 aromatic rings. The monoisotopic (exact) mass is 718 g/mol. The molecule has 2 aromatic carbocycles. The average molecular weight is 719 g/mol. The van der Waals surface area contributed by atoms with Crippen molar-refractivity contribution in [1.29, 1.82) is 0 Å². The van der Waals surface area contributed by atoms with E-state index < -0.39 is 12.2 Å². The summed E-state index contributed by atoms with van der Waals surface area (Å²) >= 11 is 0. The first-order valence-corrected chi connectivity index (χ1v) is 18.9. The van der Waals surface area contributed by atoms with Crippen LogP contribution < -0.4 is 5.32 Å². The molecule has 0 aliphatic carbocycles. The van der Waals surface area contributed by atoms with Crippen molar-refractivity contribution in [3.8, 4) is 5.75 Å². The van der Waals surface area contributed by atoms with Gasteiger partial charge in [-0.3, -0.25) is 19.4 Å². The number of para-hydroxylation sites is 1. The molecule has 282 valence electrons. The van der Waals surface area contributed by atoms with Crippen molar-refractivity contribution < 1.29 is 33.8 Å². The van der Waals surface area contributed by atoms with Gasteiger partial charge in [-0.15, -0.1) is 0 Å². The zero-order valence-corrected chi connectivity index (χ0v) is 30.8. The Hall–Kier alpha value is -4.36. The van der Waals surface area contributed by atoms with Crippen LogP contribution in [0.4, 0.5) is 15.3 Å². The SMILES string of the molecule is CCOC(=O)CN1CCC(N2CCN(C(=O)C(Cc3cc(C)c(O)c(C)c3)OC(=O)N3CCC(N4CCc5ccccc5NC4=O)CC3)CC2)CC1. The summed E-state index contributed by atoms with van der Waals surface area (Å²) in [4.78, 5) is 62.8. The number of ether oxygens (including phenoxy) is 2. The number of piperazine rings is 1. The highest BCUT2D eigenvalue weighted by atomic mass is 16.6. The number of amides is 4. The maximum absolute atomic E-state index is 14.1. The number of urea groups is 1. The quantitative estimate of drug-likeness (QED) is 0.372. The molecule has 6 rings (SSSR count). The number of carbonyl (C=O) groups excluding carboxylic acids is 4. The molecule has 13 nitrogen and oxygen atoms in total. The van der Waals surface area contributed by atoms with Crippen LogP contribution in [0.1, 0.15) is 54.9 Å². The number of aryl methyl sites for hydroxylation is 2. The summed E-state index contributed by atoms with van der Waals surface area (Å²) in [5.74, 6) is -0.174. The molecule has 4 heterocycles. The number of fused-ring (bicyclic) bond motifs is 1. The molecule has 1 unspecified atom stereocenters. The van der Waals surface area contributed by atoms with Gasteiger partial charge in [-0.25, -0.2) is 9.59 Å². The molecule has 0 spiro atoms. The third-order valence-corrected chi connectivity index (χ3v) is 11.2. The molecule has 0 aromatic heterocycles. The van der Waals surface area contributed by atoms with E-state index in [0.29, 0.717) is 75.9 Å². The molecule has 52 heavy (non-hydrogen) atoms. The number of phenolic OH excluding ortho intramolecular Hbond substituents is 1. The number of esters is 1. The van der Waals surface area contributed by atoms with E-state index in [1.807, 2.05) is 67.0 Å². The highest BCUT2D eigenvalue weighted by molar-refractivity contribution is 5.91. The van der Waals surface area contributed by atoms with Crippen LogP contribution in [0.2, 0.25) is 0 Å². The topological polar surface area (TPSA) is 135 Å². The average Bonchev–Trinajstić information content (AvgIpc) is 3.31. The van der Waals surface area contributed by atoms with Gasteiger partial charge in [-0.05, 0) is 81.2 Å². The number of anilines is 1. The number of rotatable bonds is 9. The number of benzene rings is 2. The molecule has 4 amide bonds. The summed E-state index contributed by atoms with van der Waals surface area (Å²) in [5.41, 5.74) is 4.19. The molecular weight excluding hydrogens is 664 g/mol. The summed E-state index contributed by atoms with van der Waals surface area (Å²) in [7, 11) is 0. The molecule has 4 aliphatic rings. The molecule has 0 radical (unpaired) electrons. The summed E-state index contributed by atoms with van der Waals surface area (Å²) in [6, 6.07) is 11.8. The highest BCUT2D eigenvalue weighted by Gasteiger charge is 2.36. The van der Waals surface area contributed by atoms with Gasteiger partial charge >= 0.3 is 18.1 Å². The van der Waals surface area contributed by atoms with Crippen molar-refractivity contribution in [2.75, 3.05) is 77.4 Å². The van der Waals surface area contributed by atoms with Gasteiger partial charge in [0.2, 0.25) is 0 Å². The van der Waals surface area contributed by atoms with Gasteiger partial charge in [-0.1, -0.05) is 30.3 Å². The van der Waals surface area contributed by atoms with Crippen LogP contribution in [0.5, 0.6) is 5.75 Å². The Bertz CT molecular complexity index is 1570. The van der Waals surface area contributed by atoms with Crippen molar-refractivity contribution in [2.45, 2.75) is 77.5 Å². The smallest absolute Gasteiger partial charge is 0.410 e. The summed E-state index contributed by atoms with van der Waals surface area (Å²) in [6.07, 6.45) is 2.60. The molecule has 2 N–H and O–H groups in total. The lowest BCUT2D eigenvalue weighted by Gasteiger charge is -2.43. The molecule has 3 saturated heterocycles. The number of aromatic hydroxyl groups is 1. The highest BCUT2D eigenvalue weighted by Crippen LogP contribution is 2.27. The Morgan fingerprint density at radius 2 is 1.52 bits per heavy atom. The third-order valence-electron chi connectivity index (χ3n) is 11.2. The number of likely N-dealkylation sites (tertiary alicyclic amines) is 2. The third kappa shape index (κ3) is 8.98. The van der Waals surface area contributed by atoms with E-state index in [-0.39, 0.29) is 36.1 Å². The lowest BCUT2D eigenvalue weighted by Crippen LogP contribution is -2.57. The maximum Gasteiger partial charge on any atom is 0.410 e. The predicted octanol–water partition coefficient (Wildman–Crippen LogP) is 3.78. The number of phenols is 1. The van der Waals surface area contributed by atoms with Gasteiger partial charge in [0.1, 0.15) is 5.75 Å². The van der Waals surface area contributed by atoms with Gasteiger partial charge < -0.3 is 34.6 Å². The number of piperidine rings is 2. The second-order valence-electron chi connectivity index (χ2n) is 14.6. The normalized spacial score (nSPS) is 20.1. The first-order chi connectivity index (χ1) is 25.1. The van der Waals surface area contributed by atoms with Crippen molar-refractivity contribution in [1.82, 2.24) is 24.5 Å². The number of nitrogens with one attached hydrogen (secondary N) is 1. The minimum atomic E-state index is -1.01. The van der Waals surface area contributed by atoms with E-state index in [2.05, 4.69) is 15.1 Å². The lowest BCUT2D eigenvalue weighted by atomic mass is 10.00. The minimum Gasteiger partial charge on any atom is -0.507 e. The lowest BCUT2D eigenvalue weighted by molar-refractivity contribution is -0.144. The Morgan fingerprint density at radius 3 is 2.19 bits per heavy atom. The van der Waals surface area contributed by atoms with E-state index >= 15 is 0 Å². The molecule has 4 aliphatic heterocycles. The van der Waals surface area contributed by atoms with E-state index in [4.69, 9.17) is 9.47 Å². The van der Waals surface area contributed by atoms with Gasteiger partial charge in [0.15, 0.2) is 6.10 Å². The minimum absolute atomic E-state index is 0.000151. The number of carbonyl (C=O) groups is 4. The number of hydrogen-bond acceptors (Lipinski definition) is 9. The number of nitrogens with zero attached hydrogens (tertiary/aromatic N) is 5. The van der Waals surface area contributed by atoms with Gasteiger partial charge in [0.05, 0.1) is 13.2 Å². The Kier molecular flexibility index (Phi) is 12.2. The van der Waals surface area contributed by atoms with Crippen LogP contribution in [-0.4, -0.2) is 144 Å². The molecule has 13 heteroatoms. The van der Waals surface area contributed by atoms with Gasteiger partial charge in [-0.2, -0.15) is 0 Å². The molecule has 1 atom stereocenters. The van der Waals surface area contributed by atoms with Crippen LogP contribution in [0.25, 0.3) is 0 Å². The standard InChI is InChI=1S/C39H54N6O7/c1-4-51-35(46)26-41-14-10-31(11-15-41)42-19-21-43(22-20-42)37(48)34(25-29-23-27(2)36(47)28(3)24-29)52-39(50)44-16-12-32(13-17-44)45-18-9-30-7-5-6-8-33(30)40-38(45)49/h5-8,23-24,31-32,34,47H,4,9-22,25-26H2,1-3H3,(H,40,49). The first-order valence-electron chi connectivity index (χ1n) is 18.9. The van der Waals surface area contributed by atoms with E-state index in [9.17, 15) is 24.3 Å². The molecule has 3 fully saturated rings. The summed E-state index contributed by atoms with van der Waals surface area (Å²) < 4.78 is 11.2. The van der Waals surface area contributed by atoms with Crippen molar-refractivity contribution in [3.63, 3.8) is 0 Å². The summed E-state index contributed by atoms with van der Waals surface area (Å²) in [6.45, 7) is 11.9. The summed E-state index contributed by atoms with van der Waals surface area (Å²) in [5, 5.41) is 13.4. The van der Waals surface area contributed by atoms with E-state index in [0.717, 1.165) is 62.3 Å². The first kappa shape index (κ1) is 37.4. The number of hydrogen-bond donors (Lipinski definition) is 2. The van der Waals surface area contributed by atoms with Crippen molar-refractivity contribution in [2.24, 2.45) is 0 Å². The molecule has 0 bridgehead atoms. The van der Waals surface area contributed by atoms with Crippen LogP contribution in [-0.2, 0) is 31.9 Å². The van der Waals surface area contributed by atoms with Crippen LogP contribution in [0.3, 0.4) is 0 Å². The fourth-order valence-electron chi connectivity index (χ4n) is 8.19. The zero-order valence-electron chi connectivity index (χ0n) is 30.8. The molecule has 0 saturated carbocycles. The fraction of sp³-hybridized carbons (Fsp3) is 0.590. The Balaban J connectivity index is 1.05.